The Labute approximate surface area is 87.1 Å². The molecule has 3 heteroatoms. The van der Waals surface area contributed by atoms with Crippen LogP contribution in [0, 0.1) is 0 Å². The van der Waals surface area contributed by atoms with Crippen LogP contribution in [0.4, 0.5) is 0 Å². The van der Waals surface area contributed by atoms with Crippen molar-refractivity contribution in [3.8, 4) is 0 Å². The smallest absolute Gasteiger partial charge is 0.0678 e. The summed E-state index contributed by atoms with van der Waals surface area (Å²) in [6, 6.07) is 0.448. The zero-order chi connectivity index (χ0) is 10.7. The molecule has 1 saturated heterocycles. The van der Waals surface area contributed by atoms with Crippen molar-refractivity contribution in [1.29, 1.82) is 0 Å². The average Bonchev–Trinajstić information content (AvgIpc) is 2.00. The molecular formula is C11H23NO2. The molecule has 2 unspecified atom stereocenters. The SMILES string of the molecule is CC(O)CC(C)N1C[C@@H](C)O[C@@H](C)C1. The van der Waals surface area contributed by atoms with Crippen LogP contribution >= 0.6 is 0 Å². The molecule has 3 nitrogen and oxygen atoms in total. The summed E-state index contributed by atoms with van der Waals surface area (Å²) < 4.78 is 5.67. The lowest BCUT2D eigenvalue weighted by atomic mass is 10.1. The maximum Gasteiger partial charge on any atom is 0.0678 e. The third-order valence-corrected chi connectivity index (χ3v) is 2.75. The lowest BCUT2D eigenvalue weighted by molar-refractivity contribution is -0.0820. The second-order valence-corrected chi connectivity index (χ2v) is 4.64. The van der Waals surface area contributed by atoms with E-state index in [2.05, 4.69) is 25.7 Å². The van der Waals surface area contributed by atoms with Crippen molar-refractivity contribution in [2.45, 2.75) is 58.5 Å². The average molecular weight is 201 g/mol. The quantitative estimate of drug-likeness (QED) is 0.746. The second kappa shape index (κ2) is 5.10. The summed E-state index contributed by atoms with van der Waals surface area (Å²) in [5.74, 6) is 0. The topological polar surface area (TPSA) is 32.7 Å². The molecule has 1 rings (SSSR count). The van der Waals surface area contributed by atoms with E-state index in [1.807, 2.05) is 6.92 Å². The predicted octanol–water partition coefficient (Wildman–Crippen LogP) is 1.26. The highest BCUT2D eigenvalue weighted by molar-refractivity contribution is 4.78. The first-order valence-corrected chi connectivity index (χ1v) is 5.56. The number of ether oxygens (including phenoxy) is 1. The largest absolute Gasteiger partial charge is 0.393 e. The van der Waals surface area contributed by atoms with Gasteiger partial charge < -0.3 is 9.84 Å². The Hall–Kier alpha value is -0.120. The van der Waals surface area contributed by atoms with E-state index in [4.69, 9.17) is 4.74 Å². The van der Waals surface area contributed by atoms with Gasteiger partial charge in [-0.3, -0.25) is 4.90 Å². The molecule has 0 aromatic carbocycles. The molecule has 1 fully saturated rings. The van der Waals surface area contributed by atoms with Crippen molar-refractivity contribution < 1.29 is 9.84 Å². The van der Waals surface area contributed by atoms with E-state index >= 15 is 0 Å². The number of aliphatic hydroxyl groups excluding tert-OH is 1. The van der Waals surface area contributed by atoms with E-state index in [1.165, 1.54) is 0 Å². The molecule has 0 aliphatic carbocycles. The van der Waals surface area contributed by atoms with Crippen LogP contribution in [-0.4, -0.2) is 47.4 Å². The monoisotopic (exact) mass is 201 g/mol. The van der Waals surface area contributed by atoms with Crippen molar-refractivity contribution in [2.75, 3.05) is 13.1 Å². The van der Waals surface area contributed by atoms with E-state index < -0.39 is 0 Å². The number of hydrogen-bond acceptors (Lipinski definition) is 3. The molecule has 0 spiro atoms. The van der Waals surface area contributed by atoms with Crippen molar-refractivity contribution in [3.05, 3.63) is 0 Å². The van der Waals surface area contributed by atoms with Crippen molar-refractivity contribution in [2.24, 2.45) is 0 Å². The van der Waals surface area contributed by atoms with E-state index in [9.17, 15) is 5.11 Å². The Bertz CT molecular complexity index is 163. The van der Waals surface area contributed by atoms with Crippen LogP contribution in [0.5, 0.6) is 0 Å². The Kier molecular flexibility index (Phi) is 4.35. The van der Waals surface area contributed by atoms with E-state index in [0.29, 0.717) is 18.2 Å². The first-order valence-electron chi connectivity index (χ1n) is 5.56. The first kappa shape index (κ1) is 12.0. The minimum absolute atomic E-state index is 0.210. The van der Waals surface area contributed by atoms with Gasteiger partial charge in [-0.05, 0) is 34.1 Å². The van der Waals surface area contributed by atoms with Gasteiger partial charge in [0.1, 0.15) is 0 Å². The molecule has 0 bridgehead atoms. The Morgan fingerprint density at radius 1 is 1.29 bits per heavy atom. The molecule has 0 aromatic heterocycles. The number of rotatable bonds is 3. The summed E-state index contributed by atoms with van der Waals surface area (Å²) in [6.07, 6.45) is 1.27. The van der Waals surface area contributed by atoms with Gasteiger partial charge in [0.25, 0.3) is 0 Å². The van der Waals surface area contributed by atoms with Crippen LogP contribution in [0.1, 0.15) is 34.1 Å². The summed E-state index contributed by atoms with van der Waals surface area (Å²) in [6.45, 7) is 10.2. The number of morpholine rings is 1. The Morgan fingerprint density at radius 2 is 1.79 bits per heavy atom. The Morgan fingerprint density at radius 3 is 2.21 bits per heavy atom. The molecule has 0 saturated carbocycles. The first-order chi connectivity index (χ1) is 6.49. The van der Waals surface area contributed by atoms with E-state index in [1.54, 1.807) is 0 Å². The highest BCUT2D eigenvalue weighted by Gasteiger charge is 2.25. The highest BCUT2D eigenvalue weighted by Crippen LogP contribution is 2.15. The maximum absolute atomic E-state index is 9.33. The van der Waals surface area contributed by atoms with Gasteiger partial charge in [-0.15, -0.1) is 0 Å². The van der Waals surface area contributed by atoms with Crippen LogP contribution in [0.25, 0.3) is 0 Å². The standard InChI is InChI=1S/C11H23NO2/c1-8(5-9(2)13)12-6-10(3)14-11(4)7-12/h8-11,13H,5-7H2,1-4H3/t8?,9?,10-,11+. The van der Waals surface area contributed by atoms with Gasteiger partial charge in [-0.2, -0.15) is 0 Å². The molecule has 0 aromatic rings. The molecule has 1 aliphatic heterocycles. The molecule has 1 N–H and O–H groups in total. The molecule has 1 heterocycles. The minimum Gasteiger partial charge on any atom is -0.393 e. The van der Waals surface area contributed by atoms with Crippen LogP contribution in [-0.2, 0) is 4.74 Å². The summed E-state index contributed by atoms with van der Waals surface area (Å²) in [5.41, 5.74) is 0. The minimum atomic E-state index is -0.210. The normalized spacial score (nSPS) is 34.1. The molecule has 0 radical (unpaired) electrons. The molecular weight excluding hydrogens is 178 g/mol. The maximum atomic E-state index is 9.33. The van der Waals surface area contributed by atoms with Crippen LogP contribution in [0.2, 0.25) is 0 Å². The van der Waals surface area contributed by atoms with Crippen molar-refractivity contribution in [1.82, 2.24) is 4.90 Å². The third-order valence-electron chi connectivity index (χ3n) is 2.75. The van der Waals surface area contributed by atoms with Gasteiger partial charge in [0.05, 0.1) is 18.3 Å². The van der Waals surface area contributed by atoms with Crippen LogP contribution in [0.3, 0.4) is 0 Å². The highest BCUT2D eigenvalue weighted by atomic mass is 16.5. The summed E-state index contributed by atoms with van der Waals surface area (Å²) in [7, 11) is 0. The zero-order valence-electron chi connectivity index (χ0n) is 9.73. The molecule has 4 atom stereocenters. The molecule has 14 heavy (non-hydrogen) atoms. The molecule has 1 aliphatic rings. The molecule has 0 amide bonds. The zero-order valence-corrected chi connectivity index (χ0v) is 9.73. The second-order valence-electron chi connectivity index (χ2n) is 4.64. The van der Waals surface area contributed by atoms with Gasteiger partial charge in [0.2, 0.25) is 0 Å². The lowest BCUT2D eigenvalue weighted by Gasteiger charge is -2.39. The van der Waals surface area contributed by atoms with Gasteiger partial charge in [-0.25, -0.2) is 0 Å². The number of nitrogens with zero attached hydrogens (tertiary/aromatic N) is 1. The van der Waals surface area contributed by atoms with E-state index in [-0.39, 0.29) is 6.10 Å². The van der Waals surface area contributed by atoms with Gasteiger partial charge in [0, 0.05) is 19.1 Å². The fourth-order valence-electron chi connectivity index (χ4n) is 2.22. The summed E-state index contributed by atoms with van der Waals surface area (Å²) >= 11 is 0. The van der Waals surface area contributed by atoms with Gasteiger partial charge in [0.15, 0.2) is 0 Å². The van der Waals surface area contributed by atoms with Crippen LogP contribution < -0.4 is 0 Å². The van der Waals surface area contributed by atoms with Crippen LogP contribution in [0.15, 0.2) is 0 Å². The van der Waals surface area contributed by atoms with Crippen molar-refractivity contribution >= 4 is 0 Å². The van der Waals surface area contributed by atoms with Gasteiger partial charge >= 0.3 is 0 Å². The fourth-order valence-corrected chi connectivity index (χ4v) is 2.22. The van der Waals surface area contributed by atoms with Gasteiger partial charge in [-0.1, -0.05) is 0 Å². The fraction of sp³-hybridized carbons (Fsp3) is 1.00. The van der Waals surface area contributed by atoms with Crippen molar-refractivity contribution in [3.63, 3.8) is 0 Å². The third kappa shape index (κ3) is 3.56. The molecule has 84 valence electrons. The number of hydrogen-bond donors (Lipinski definition) is 1. The number of aliphatic hydroxyl groups is 1. The summed E-state index contributed by atoms with van der Waals surface area (Å²) in [4.78, 5) is 2.41. The Balaban J connectivity index is 2.42. The predicted molar refractivity (Wildman–Crippen MR) is 57.3 cm³/mol. The summed E-state index contributed by atoms with van der Waals surface area (Å²) in [5, 5.41) is 9.33. The van der Waals surface area contributed by atoms with E-state index in [0.717, 1.165) is 19.5 Å². The lowest BCUT2D eigenvalue weighted by Crippen LogP contribution is -2.49.